The first kappa shape index (κ1) is 26.1. The van der Waals surface area contributed by atoms with Crippen LogP contribution >= 0.6 is 0 Å². The quantitative estimate of drug-likeness (QED) is 0.162. The standard InChI is InChI=1S/C35H36N2O3/c1-20-9-10-26(16-21(20)2)31-32-28-18-24(5)29(39-14-8-12-36(6)7)19-30(28)40-35(38)34(32)37-13-11-25-15-22(3)23(4)17-27(25)33(31)37/h9-11,13,15-19H,8,12,14H2,1-7H3. The minimum Gasteiger partial charge on any atom is -0.493 e. The molecule has 40 heavy (non-hydrogen) atoms. The zero-order valence-corrected chi connectivity index (χ0v) is 24.4. The van der Waals surface area contributed by atoms with E-state index in [0.717, 1.165) is 62.5 Å². The Hall–Kier alpha value is -4.09. The highest BCUT2D eigenvalue weighted by molar-refractivity contribution is 6.21. The van der Waals surface area contributed by atoms with E-state index in [-0.39, 0.29) is 5.63 Å². The summed E-state index contributed by atoms with van der Waals surface area (Å²) in [5.74, 6) is 0.752. The highest BCUT2D eigenvalue weighted by Gasteiger charge is 2.23. The van der Waals surface area contributed by atoms with E-state index in [1.165, 1.54) is 22.3 Å². The van der Waals surface area contributed by atoms with Crippen LogP contribution in [0.15, 0.2) is 63.9 Å². The van der Waals surface area contributed by atoms with Crippen LogP contribution in [0, 0.1) is 34.6 Å². The summed E-state index contributed by atoms with van der Waals surface area (Å²) in [5.41, 5.74) is 9.89. The van der Waals surface area contributed by atoms with Gasteiger partial charge in [-0.1, -0.05) is 24.3 Å². The van der Waals surface area contributed by atoms with Crippen LogP contribution in [0.2, 0.25) is 0 Å². The molecule has 0 saturated carbocycles. The van der Waals surface area contributed by atoms with Gasteiger partial charge in [0.25, 0.3) is 0 Å². The van der Waals surface area contributed by atoms with Crippen molar-refractivity contribution >= 4 is 38.2 Å². The lowest BCUT2D eigenvalue weighted by atomic mass is 9.94. The fourth-order valence-electron chi connectivity index (χ4n) is 5.80. The smallest absolute Gasteiger partial charge is 0.361 e. The Bertz CT molecular complexity index is 2010. The zero-order chi connectivity index (χ0) is 28.3. The maximum atomic E-state index is 13.7. The summed E-state index contributed by atoms with van der Waals surface area (Å²) in [7, 11) is 4.11. The summed E-state index contributed by atoms with van der Waals surface area (Å²) >= 11 is 0. The predicted octanol–water partition coefficient (Wildman–Crippen LogP) is 7.89. The molecule has 3 aromatic carbocycles. The monoisotopic (exact) mass is 532 g/mol. The van der Waals surface area contributed by atoms with Gasteiger partial charge < -0.3 is 18.5 Å². The van der Waals surface area contributed by atoms with Crippen LogP contribution in [0.3, 0.4) is 0 Å². The summed E-state index contributed by atoms with van der Waals surface area (Å²) in [6, 6.07) is 17.2. The number of pyridine rings is 1. The van der Waals surface area contributed by atoms with Gasteiger partial charge in [-0.2, -0.15) is 0 Å². The van der Waals surface area contributed by atoms with E-state index in [0.29, 0.717) is 17.7 Å². The van der Waals surface area contributed by atoms with E-state index in [4.69, 9.17) is 9.15 Å². The first-order valence-corrected chi connectivity index (χ1v) is 13.9. The van der Waals surface area contributed by atoms with Crippen molar-refractivity contribution in [2.24, 2.45) is 0 Å². The van der Waals surface area contributed by atoms with Gasteiger partial charge in [0.05, 0.1) is 12.1 Å². The molecule has 0 aliphatic heterocycles. The summed E-state index contributed by atoms with van der Waals surface area (Å²) in [6.07, 6.45) is 2.93. The molecule has 3 heterocycles. The van der Waals surface area contributed by atoms with Gasteiger partial charge in [0, 0.05) is 40.5 Å². The maximum absolute atomic E-state index is 13.7. The number of hydrogen-bond acceptors (Lipinski definition) is 4. The Morgan fingerprint density at radius 3 is 2.27 bits per heavy atom. The van der Waals surface area contributed by atoms with Gasteiger partial charge >= 0.3 is 5.63 Å². The molecule has 3 aromatic heterocycles. The third-order valence-electron chi connectivity index (χ3n) is 8.27. The van der Waals surface area contributed by atoms with Gasteiger partial charge in [0.15, 0.2) is 0 Å². The minimum absolute atomic E-state index is 0.349. The molecule has 5 heteroatoms. The summed E-state index contributed by atoms with van der Waals surface area (Å²) in [4.78, 5) is 15.9. The van der Waals surface area contributed by atoms with Gasteiger partial charge in [-0.25, -0.2) is 4.79 Å². The molecular formula is C35H36N2O3. The van der Waals surface area contributed by atoms with E-state index in [2.05, 4.69) is 96.1 Å². The van der Waals surface area contributed by atoms with Crippen LogP contribution in [-0.2, 0) is 0 Å². The van der Waals surface area contributed by atoms with Crippen LogP contribution in [-0.4, -0.2) is 36.5 Å². The number of rotatable bonds is 6. The number of aryl methyl sites for hydroxylation is 5. The summed E-state index contributed by atoms with van der Waals surface area (Å²) in [6.45, 7) is 12.2. The Morgan fingerprint density at radius 1 is 0.800 bits per heavy atom. The molecule has 0 N–H and O–H groups in total. The van der Waals surface area contributed by atoms with Gasteiger partial charge in [0.2, 0.25) is 0 Å². The molecule has 0 fully saturated rings. The molecule has 0 spiro atoms. The number of nitrogens with zero attached hydrogens (tertiary/aromatic N) is 2. The minimum atomic E-state index is -0.349. The first-order chi connectivity index (χ1) is 19.1. The van der Waals surface area contributed by atoms with Crippen molar-refractivity contribution < 1.29 is 9.15 Å². The van der Waals surface area contributed by atoms with E-state index in [1.54, 1.807) is 0 Å². The van der Waals surface area contributed by atoms with Crippen molar-refractivity contribution in [3.05, 3.63) is 93.0 Å². The van der Waals surface area contributed by atoms with Gasteiger partial charge in [-0.3, -0.25) is 0 Å². The largest absolute Gasteiger partial charge is 0.493 e. The van der Waals surface area contributed by atoms with Crippen LogP contribution in [0.5, 0.6) is 5.75 Å². The molecule has 5 nitrogen and oxygen atoms in total. The van der Waals surface area contributed by atoms with Crippen LogP contribution in [0.4, 0.5) is 0 Å². The molecule has 0 amide bonds. The van der Waals surface area contributed by atoms with Gasteiger partial charge in [-0.15, -0.1) is 0 Å². The summed E-state index contributed by atoms with van der Waals surface area (Å²) < 4.78 is 14.2. The lowest BCUT2D eigenvalue weighted by Gasteiger charge is -2.13. The Labute approximate surface area is 234 Å². The third kappa shape index (κ3) is 4.25. The van der Waals surface area contributed by atoms with Crippen LogP contribution in [0.25, 0.3) is 49.3 Å². The molecule has 0 unspecified atom stereocenters. The fraction of sp³-hybridized carbons (Fsp3) is 0.286. The van der Waals surface area contributed by atoms with E-state index in [9.17, 15) is 4.79 Å². The first-order valence-electron chi connectivity index (χ1n) is 13.9. The Kier molecular flexibility index (Phi) is 6.42. The molecule has 204 valence electrons. The number of benzene rings is 3. The molecule has 0 aliphatic rings. The Balaban J connectivity index is 1.72. The average molecular weight is 533 g/mol. The maximum Gasteiger partial charge on any atom is 0.361 e. The molecule has 6 aromatic rings. The van der Waals surface area contributed by atoms with Crippen molar-refractivity contribution in [2.75, 3.05) is 27.2 Å². The molecular weight excluding hydrogens is 496 g/mol. The number of aromatic nitrogens is 1. The molecule has 6 rings (SSSR count). The van der Waals surface area contributed by atoms with E-state index in [1.807, 2.05) is 16.7 Å². The Morgan fingerprint density at radius 2 is 1.52 bits per heavy atom. The highest BCUT2D eigenvalue weighted by atomic mass is 16.5. The molecule has 0 aliphatic carbocycles. The molecule has 0 bridgehead atoms. The number of fused-ring (bicyclic) bond motifs is 7. The normalized spacial score (nSPS) is 12.0. The number of hydrogen-bond donors (Lipinski definition) is 0. The zero-order valence-electron chi connectivity index (χ0n) is 24.4. The third-order valence-corrected chi connectivity index (χ3v) is 8.27. The second-order valence-electron chi connectivity index (χ2n) is 11.5. The topological polar surface area (TPSA) is 47.1 Å². The van der Waals surface area contributed by atoms with Gasteiger partial charge in [-0.05, 0) is 112 Å². The van der Waals surface area contributed by atoms with Crippen molar-refractivity contribution in [1.29, 1.82) is 0 Å². The van der Waals surface area contributed by atoms with E-state index >= 15 is 0 Å². The van der Waals surface area contributed by atoms with Crippen LogP contribution < -0.4 is 10.4 Å². The SMILES string of the molecule is Cc1ccc(-c2c3c4cc(C)c(OCCCN(C)C)cc4oc(=O)c3n3ccc4cc(C)c(C)cc4c23)cc1C. The predicted molar refractivity (Wildman–Crippen MR) is 166 cm³/mol. The number of ether oxygens (including phenoxy) is 1. The average Bonchev–Trinajstić information content (AvgIpc) is 3.26. The van der Waals surface area contributed by atoms with Crippen molar-refractivity contribution in [2.45, 2.75) is 41.0 Å². The second-order valence-corrected chi connectivity index (χ2v) is 11.5. The molecule has 0 saturated heterocycles. The van der Waals surface area contributed by atoms with Crippen molar-refractivity contribution in [3.63, 3.8) is 0 Å². The lowest BCUT2D eigenvalue weighted by molar-refractivity contribution is 0.280. The highest BCUT2D eigenvalue weighted by Crippen LogP contribution is 2.43. The lowest BCUT2D eigenvalue weighted by Crippen LogP contribution is -2.15. The fourth-order valence-corrected chi connectivity index (χ4v) is 5.80. The van der Waals surface area contributed by atoms with Crippen LogP contribution in [0.1, 0.15) is 34.2 Å². The second kappa shape index (κ2) is 9.83. The van der Waals surface area contributed by atoms with Gasteiger partial charge in [0.1, 0.15) is 16.8 Å². The van der Waals surface area contributed by atoms with E-state index < -0.39 is 0 Å². The van der Waals surface area contributed by atoms with Crippen molar-refractivity contribution in [3.8, 4) is 16.9 Å². The molecule has 0 radical (unpaired) electrons. The van der Waals surface area contributed by atoms with Crippen molar-refractivity contribution in [1.82, 2.24) is 9.30 Å². The summed E-state index contributed by atoms with van der Waals surface area (Å²) in [5, 5.41) is 4.12. The molecule has 0 atom stereocenters.